The summed E-state index contributed by atoms with van der Waals surface area (Å²) in [5, 5.41) is 3.76. The van der Waals surface area contributed by atoms with E-state index in [1.54, 1.807) is 0 Å². The van der Waals surface area contributed by atoms with Crippen molar-refractivity contribution in [2.75, 3.05) is 18.0 Å². The second kappa shape index (κ2) is 7.15. The monoisotopic (exact) mass is 352 g/mol. The van der Waals surface area contributed by atoms with Crippen molar-refractivity contribution in [3.8, 4) is 0 Å². The first-order valence-corrected chi connectivity index (χ1v) is 8.94. The molecule has 1 aliphatic rings. The van der Waals surface area contributed by atoms with Crippen LogP contribution in [0.15, 0.2) is 22.7 Å². The van der Waals surface area contributed by atoms with Crippen LogP contribution in [0.1, 0.15) is 39.7 Å². The highest BCUT2D eigenvalue weighted by Gasteiger charge is 2.31. The van der Waals surface area contributed by atoms with Crippen LogP contribution in [-0.4, -0.2) is 25.2 Å². The van der Waals surface area contributed by atoms with Gasteiger partial charge >= 0.3 is 0 Å². The van der Waals surface area contributed by atoms with Crippen molar-refractivity contribution in [2.24, 2.45) is 11.8 Å². The number of nitrogens with zero attached hydrogens (tertiary/aromatic N) is 1. The minimum atomic E-state index is 0.571. The lowest BCUT2D eigenvalue weighted by molar-refractivity contribution is 0.310. The van der Waals surface area contributed by atoms with Gasteiger partial charge < -0.3 is 10.2 Å². The highest BCUT2D eigenvalue weighted by atomic mass is 79.9. The minimum absolute atomic E-state index is 0.571. The molecule has 1 N–H and O–H groups in total. The smallest absolute Gasteiger partial charge is 0.0438 e. The number of nitrogens with one attached hydrogen (secondary N) is 1. The molecule has 118 valence electrons. The summed E-state index contributed by atoms with van der Waals surface area (Å²) in [6.07, 6.45) is 1.24. The molecular weight excluding hydrogens is 324 g/mol. The van der Waals surface area contributed by atoms with E-state index in [4.69, 9.17) is 0 Å². The van der Waals surface area contributed by atoms with E-state index in [0.717, 1.165) is 19.0 Å². The van der Waals surface area contributed by atoms with Crippen molar-refractivity contribution in [1.82, 2.24) is 5.32 Å². The fraction of sp³-hybridized carbons (Fsp3) is 0.667. The SMILES string of the molecule is Cc1c(Br)cccc1N1CC(CC(C)C)NCC1C(C)C. The van der Waals surface area contributed by atoms with Crippen LogP contribution >= 0.6 is 15.9 Å². The highest BCUT2D eigenvalue weighted by molar-refractivity contribution is 9.10. The Hall–Kier alpha value is -0.540. The second-order valence-corrected chi connectivity index (χ2v) is 7.94. The Balaban J connectivity index is 2.27. The van der Waals surface area contributed by atoms with Gasteiger partial charge in [0.15, 0.2) is 0 Å². The Bertz CT molecular complexity index is 470. The van der Waals surface area contributed by atoms with Crippen LogP contribution in [-0.2, 0) is 0 Å². The molecule has 3 heteroatoms. The lowest BCUT2D eigenvalue weighted by Gasteiger charge is -2.45. The van der Waals surface area contributed by atoms with Crippen molar-refractivity contribution in [3.05, 3.63) is 28.2 Å². The molecule has 0 bridgehead atoms. The largest absolute Gasteiger partial charge is 0.365 e. The molecule has 2 atom stereocenters. The van der Waals surface area contributed by atoms with E-state index in [0.29, 0.717) is 18.0 Å². The number of piperazine rings is 1. The molecule has 0 spiro atoms. The van der Waals surface area contributed by atoms with Crippen molar-refractivity contribution in [3.63, 3.8) is 0 Å². The Morgan fingerprint density at radius 3 is 2.62 bits per heavy atom. The summed E-state index contributed by atoms with van der Waals surface area (Å²) in [6, 6.07) is 7.73. The molecule has 0 aromatic heterocycles. The molecular formula is C18H29BrN2. The third kappa shape index (κ3) is 4.01. The topological polar surface area (TPSA) is 15.3 Å². The van der Waals surface area contributed by atoms with Gasteiger partial charge in [-0.1, -0.05) is 49.7 Å². The average Bonchev–Trinajstić information content (AvgIpc) is 2.41. The summed E-state index contributed by atoms with van der Waals surface area (Å²) >= 11 is 3.68. The summed E-state index contributed by atoms with van der Waals surface area (Å²) in [6.45, 7) is 13.7. The molecule has 21 heavy (non-hydrogen) atoms. The van der Waals surface area contributed by atoms with Gasteiger partial charge in [0.1, 0.15) is 0 Å². The highest BCUT2D eigenvalue weighted by Crippen LogP contribution is 2.31. The normalized spacial score (nSPS) is 23.1. The van der Waals surface area contributed by atoms with Crippen LogP contribution in [0, 0.1) is 18.8 Å². The predicted molar refractivity (Wildman–Crippen MR) is 96.1 cm³/mol. The fourth-order valence-electron chi connectivity index (χ4n) is 3.34. The fourth-order valence-corrected chi connectivity index (χ4v) is 3.70. The van der Waals surface area contributed by atoms with E-state index >= 15 is 0 Å². The van der Waals surface area contributed by atoms with Crippen molar-refractivity contribution in [1.29, 1.82) is 0 Å². The van der Waals surface area contributed by atoms with Crippen LogP contribution in [0.5, 0.6) is 0 Å². The molecule has 2 rings (SSSR count). The van der Waals surface area contributed by atoms with Gasteiger partial charge in [0.2, 0.25) is 0 Å². The Morgan fingerprint density at radius 2 is 2.00 bits per heavy atom. The van der Waals surface area contributed by atoms with E-state index in [9.17, 15) is 0 Å². The first-order chi connectivity index (χ1) is 9.90. The molecule has 2 nitrogen and oxygen atoms in total. The van der Waals surface area contributed by atoms with Crippen LogP contribution in [0.2, 0.25) is 0 Å². The van der Waals surface area contributed by atoms with Crippen LogP contribution < -0.4 is 10.2 Å². The maximum Gasteiger partial charge on any atom is 0.0438 e. The van der Waals surface area contributed by atoms with Gasteiger partial charge in [0.25, 0.3) is 0 Å². The van der Waals surface area contributed by atoms with E-state index in [-0.39, 0.29) is 0 Å². The zero-order chi connectivity index (χ0) is 15.6. The van der Waals surface area contributed by atoms with Crippen molar-refractivity contribution in [2.45, 2.75) is 53.1 Å². The molecule has 1 aliphatic heterocycles. The molecule has 1 aromatic rings. The Morgan fingerprint density at radius 1 is 1.29 bits per heavy atom. The predicted octanol–water partition coefficient (Wildman–Crippen LogP) is 4.61. The molecule has 1 saturated heterocycles. The standard InChI is InChI=1S/C18H29BrN2/c1-12(2)9-15-11-21(18(10-20-15)13(3)4)17-8-6-7-16(19)14(17)5/h6-8,12-13,15,18,20H,9-11H2,1-5H3. The van der Waals surface area contributed by atoms with E-state index in [1.807, 2.05) is 0 Å². The summed E-state index contributed by atoms with van der Waals surface area (Å²) in [5.74, 6) is 1.39. The van der Waals surface area contributed by atoms with E-state index in [1.165, 1.54) is 22.1 Å². The lowest BCUT2D eigenvalue weighted by atomic mass is 9.94. The van der Waals surface area contributed by atoms with Crippen molar-refractivity contribution >= 4 is 21.6 Å². The minimum Gasteiger partial charge on any atom is -0.365 e. The molecule has 0 aliphatic carbocycles. The summed E-state index contributed by atoms with van der Waals surface area (Å²) in [7, 11) is 0. The van der Waals surface area contributed by atoms with Gasteiger partial charge in [-0.15, -0.1) is 0 Å². The number of hydrogen-bond donors (Lipinski definition) is 1. The molecule has 1 fully saturated rings. The third-order valence-electron chi connectivity index (χ3n) is 4.51. The van der Waals surface area contributed by atoms with Gasteiger partial charge in [-0.05, 0) is 42.9 Å². The van der Waals surface area contributed by atoms with Crippen molar-refractivity contribution < 1.29 is 0 Å². The number of benzene rings is 1. The molecule has 0 amide bonds. The van der Waals surface area contributed by atoms with Gasteiger partial charge in [0.05, 0.1) is 0 Å². The van der Waals surface area contributed by atoms with Gasteiger partial charge in [0, 0.05) is 35.3 Å². The quantitative estimate of drug-likeness (QED) is 0.851. The molecule has 1 aromatic carbocycles. The third-order valence-corrected chi connectivity index (χ3v) is 5.37. The maximum atomic E-state index is 3.76. The number of rotatable bonds is 4. The van der Waals surface area contributed by atoms with Gasteiger partial charge in [-0.25, -0.2) is 0 Å². The maximum absolute atomic E-state index is 3.76. The number of halogens is 1. The van der Waals surface area contributed by atoms with E-state index in [2.05, 4.69) is 79.0 Å². The van der Waals surface area contributed by atoms with Crippen LogP contribution in [0.25, 0.3) is 0 Å². The summed E-state index contributed by atoms with van der Waals surface area (Å²) < 4.78 is 1.21. The lowest BCUT2D eigenvalue weighted by Crippen LogP contribution is -2.59. The molecule has 1 heterocycles. The summed E-state index contributed by atoms with van der Waals surface area (Å²) in [5.41, 5.74) is 2.74. The van der Waals surface area contributed by atoms with Gasteiger partial charge in [-0.2, -0.15) is 0 Å². The zero-order valence-corrected chi connectivity index (χ0v) is 15.6. The Kier molecular flexibility index (Phi) is 5.73. The van der Waals surface area contributed by atoms with Gasteiger partial charge in [-0.3, -0.25) is 0 Å². The number of hydrogen-bond acceptors (Lipinski definition) is 2. The van der Waals surface area contributed by atoms with Crippen LogP contribution in [0.4, 0.5) is 5.69 Å². The zero-order valence-electron chi connectivity index (χ0n) is 14.0. The van der Waals surface area contributed by atoms with E-state index < -0.39 is 0 Å². The summed E-state index contributed by atoms with van der Waals surface area (Å²) in [4.78, 5) is 2.63. The Labute approximate surface area is 138 Å². The number of anilines is 1. The first-order valence-electron chi connectivity index (χ1n) is 8.15. The second-order valence-electron chi connectivity index (χ2n) is 7.08. The molecule has 0 saturated carbocycles. The molecule has 2 unspecified atom stereocenters. The molecule has 0 radical (unpaired) electrons. The van der Waals surface area contributed by atoms with Crippen LogP contribution in [0.3, 0.4) is 0 Å². The first kappa shape index (κ1) is 16.8. The average molecular weight is 353 g/mol.